The van der Waals surface area contributed by atoms with Crippen LogP contribution >= 0.6 is 11.3 Å². The van der Waals surface area contributed by atoms with E-state index in [0.717, 1.165) is 16.9 Å². The number of halogens is 1. The minimum atomic E-state index is -1.36. The van der Waals surface area contributed by atoms with E-state index in [0.29, 0.717) is 26.5 Å². The number of thiazole rings is 1. The number of hydrogen-bond donors (Lipinski definition) is 2. The highest BCUT2D eigenvalue weighted by Crippen LogP contribution is 2.31. The highest BCUT2D eigenvalue weighted by Gasteiger charge is 2.17. The molecule has 29 heavy (non-hydrogen) atoms. The number of aryl methyl sites for hydroxylation is 1. The number of ether oxygens (including phenoxy) is 1. The summed E-state index contributed by atoms with van der Waals surface area (Å²) in [5, 5.41) is 3.44. The van der Waals surface area contributed by atoms with Crippen LogP contribution in [0.2, 0.25) is 0 Å². The molecule has 0 radical (unpaired) electrons. The molecule has 152 valence electrons. The fourth-order valence-electron chi connectivity index (χ4n) is 2.48. The molecule has 0 aliphatic rings. The van der Waals surface area contributed by atoms with Crippen LogP contribution in [0.25, 0.3) is 0 Å². The van der Waals surface area contributed by atoms with E-state index in [2.05, 4.69) is 15.0 Å². The van der Waals surface area contributed by atoms with E-state index in [-0.39, 0.29) is 0 Å². The van der Waals surface area contributed by atoms with E-state index in [9.17, 15) is 13.4 Å². The molecule has 1 aromatic heterocycles. The first kappa shape index (κ1) is 20.9. The van der Waals surface area contributed by atoms with Crippen LogP contribution in [0.1, 0.15) is 5.56 Å². The monoisotopic (exact) mass is 434 g/mol. The van der Waals surface area contributed by atoms with E-state index < -0.39 is 22.8 Å². The highest BCUT2D eigenvalue weighted by atomic mass is 32.2. The maximum atomic E-state index is 13.3. The molecule has 0 bridgehead atoms. The lowest BCUT2D eigenvalue weighted by atomic mass is 10.2. The average Bonchev–Trinajstić information content (AvgIpc) is 3.13. The fourth-order valence-corrected chi connectivity index (χ4v) is 3.80. The average molecular weight is 435 g/mol. The first-order valence-electron chi connectivity index (χ1n) is 8.51. The second-order valence-electron chi connectivity index (χ2n) is 5.95. The summed E-state index contributed by atoms with van der Waals surface area (Å²) in [6.45, 7) is 1.86. The molecule has 2 amide bonds. The minimum Gasteiger partial charge on any atom is -0.445 e. The Labute approximate surface area is 174 Å². The van der Waals surface area contributed by atoms with Crippen LogP contribution in [0.4, 0.5) is 20.0 Å². The Morgan fingerprint density at radius 1 is 1.28 bits per heavy atom. The molecular weight excluding hydrogens is 415 g/mol. The van der Waals surface area contributed by atoms with E-state index in [1.54, 1.807) is 44.4 Å². The van der Waals surface area contributed by atoms with Crippen molar-refractivity contribution in [2.45, 2.75) is 11.8 Å². The molecule has 1 heterocycles. The Balaban J connectivity index is 1.70. The molecule has 10 heteroatoms. The number of amides is 2. The number of benzene rings is 2. The molecule has 0 fully saturated rings. The van der Waals surface area contributed by atoms with Crippen molar-refractivity contribution < 1.29 is 18.1 Å². The third-order valence-electron chi connectivity index (χ3n) is 3.96. The van der Waals surface area contributed by atoms with Gasteiger partial charge in [0.15, 0.2) is 5.13 Å². The summed E-state index contributed by atoms with van der Waals surface area (Å²) in [7, 11) is 1.85. The van der Waals surface area contributed by atoms with E-state index >= 15 is 0 Å². The first-order valence-corrected chi connectivity index (χ1v) is 10.5. The predicted molar refractivity (Wildman–Crippen MR) is 113 cm³/mol. The van der Waals surface area contributed by atoms with Gasteiger partial charge in [0.05, 0.1) is 11.1 Å². The van der Waals surface area contributed by atoms with Crippen LogP contribution < -0.4 is 19.7 Å². The predicted octanol–water partition coefficient (Wildman–Crippen LogP) is 4.29. The van der Waals surface area contributed by atoms with Gasteiger partial charge in [-0.05, 0) is 43.8 Å². The fraction of sp³-hybridized carbons (Fsp3) is 0.158. The van der Waals surface area contributed by atoms with Gasteiger partial charge in [-0.1, -0.05) is 23.5 Å². The number of aromatic nitrogens is 1. The van der Waals surface area contributed by atoms with Crippen molar-refractivity contribution in [1.29, 1.82) is 0 Å². The van der Waals surface area contributed by atoms with Crippen molar-refractivity contribution in [3.05, 3.63) is 60.0 Å². The van der Waals surface area contributed by atoms with Crippen LogP contribution in [-0.4, -0.2) is 29.3 Å². The Morgan fingerprint density at radius 3 is 2.79 bits per heavy atom. The summed E-state index contributed by atoms with van der Waals surface area (Å²) in [6.07, 6.45) is 1.45. The van der Waals surface area contributed by atoms with Gasteiger partial charge in [0.2, 0.25) is 5.06 Å². The van der Waals surface area contributed by atoms with Crippen molar-refractivity contribution in [3.63, 3.8) is 0 Å². The number of rotatable bonds is 6. The second-order valence-corrected chi connectivity index (χ2v) is 8.36. The summed E-state index contributed by atoms with van der Waals surface area (Å²) < 4.78 is 33.4. The normalized spacial score (nSPS) is 11.7. The maximum Gasteiger partial charge on any atom is 0.327 e. The third kappa shape index (κ3) is 5.17. The summed E-state index contributed by atoms with van der Waals surface area (Å²) >= 11 is 1.12. The molecule has 0 aliphatic heterocycles. The highest BCUT2D eigenvalue weighted by molar-refractivity contribution is 7.83. The van der Waals surface area contributed by atoms with Gasteiger partial charge < -0.3 is 4.74 Å². The third-order valence-corrected chi connectivity index (χ3v) is 5.80. The number of anilines is 2. The van der Waals surface area contributed by atoms with Crippen LogP contribution in [0, 0.1) is 12.7 Å². The number of urea groups is 1. The lowest BCUT2D eigenvalue weighted by Gasteiger charge is -2.20. The van der Waals surface area contributed by atoms with Crippen molar-refractivity contribution in [2.24, 2.45) is 0 Å². The first-order chi connectivity index (χ1) is 13.9. The molecule has 3 rings (SSSR count). The van der Waals surface area contributed by atoms with Crippen LogP contribution in [0.5, 0.6) is 10.8 Å². The van der Waals surface area contributed by atoms with Gasteiger partial charge >= 0.3 is 6.03 Å². The van der Waals surface area contributed by atoms with E-state index in [1.165, 1.54) is 23.2 Å². The summed E-state index contributed by atoms with van der Waals surface area (Å²) in [5.41, 5.74) is 1.48. The number of nitrogens with one attached hydrogen (secondary N) is 2. The van der Waals surface area contributed by atoms with Gasteiger partial charge in [0.1, 0.15) is 22.6 Å². The minimum absolute atomic E-state index is 0.334. The molecule has 2 aromatic carbocycles. The van der Waals surface area contributed by atoms with Crippen molar-refractivity contribution in [1.82, 2.24) is 9.71 Å². The Morgan fingerprint density at radius 2 is 2.07 bits per heavy atom. The summed E-state index contributed by atoms with van der Waals surface area (Å²) in [6, 6.07) is 10.6. The zero-order valence-corrected chi connectivity index (χ0v) is 17.6. The Hall–Kier alpha value is -2.82. The zero-order chi connectivity index (χ0) is 21.0. The molecule has 1 atom stereocenters. The van der Waals surface area contributed by atoms with Gasteiger partial charge in [0.25, 0.3) is 0 Å². The standard InChI is InChI=1S/C19H19FN4O3S2/c1-12-7-8-15(29(26)21-2)10-16(12)24(3)19(25)23-18-22-11-17(28-18)27-14-6-4-5-13(20)9-14/h4-11,21H,1-3H3,(H,22,23,25). The summed E-state index contributed by atoms with van der Waals surface area (Å²) in [4.78, 5) is 18.7. The maximum absolute atomic E-state index is 13.3. The smallest absolute Gasteiger partial charge is 0.327 e. The number of hydrogen-bond acceptors (Lipinski definition) is 5. The Bertz CT molecular complexity index is 1060. The second kappa shape index (κ2) is 9.12. The van der Waals surface area contributed by atoms with E-state index in [4.69, 9.17) is 4.74 Å². The number of nitrogens with zero attached hydrogens (tertiary/aromatic N) is 2. The lowest BCUT2D eigenvalue weighted by molar-refractivity contribution is 0.258. The molecule has 7 nitrogen and oxygen atoms in total. The molecule has 2 N–H and O–H groups in total. The molecule has 0 saturated carbocycles. The SMILES string of the molecule is CNS(=O)c1ccc(C)c(N(C)C(=O)Nc2ncc(Oc3cccc(F)c3)s2)c1. The lowest BCUT2D eigenvalue weighted by Crippen LogP contribution is -2.31. The Kier molecular flexibility index (Phi) is 6.57. The van der Waals surface area contributed by atoms with E-state index in [1.807, 2.05) is 6.92 Å². The zero-order valence-electron chi connectivity index (χ0n) is 15.9. The van der Waals surface area contributed by atoms with Crippen LogP contribution in [0.3, 0.4) is 0 Å². The molecule has 0 saturated heterocycles. The van der Waals surface area contributed by atoms with Gasteiger partial charge in [-0.3, -0.25) is 10.2 Å². The van der Waals surface area contributed by atoms with Crippen molar-refractivity contribution in [2.75, 3.05) is 24.3 Å². The molecule has 0 aliphatic carbocycles. The molecule has 1 unspecified atom stereocenters. The number of carbonyl (C=O) groups excluding carboxylic acids is 1. The quantitative estimate of drug-likeness (QED) is 0.606. The summed E-state index contributed by atoms with van der Waals surface area (Å²) in [5.74, 6) is -0.0624. The number of carbonyl (C=O) groups is 1. The van der Waals surface area contributed by atoms with Crippen molar-refractivity contribution in [3.8, 4) is 10.8 Å². The van der Waals surface area contributed by atoms with Gasteiger partial charge in [0, 0.05) is 18.8 Å². The largest absolute Gasteiger partial charge is 0.445 e. The van der Waals surface area contributed by atoms with Gasteiger partial charge in [-0.15, -0.1) is 0 Å². The van der Waals surface area contributed by atoms with Crippen LogP contribution in [-0.2, 0) is 11.0 Å². The molecular formula is C19H19FN4O3S2. The van der Waals surface area contributed by atoms with Crippen LogP contribution in [0.15, 0.2) is 53.6 Å². The topological polar surface area (TPSA) is 83.6 Å². The molecule has 3 aromatic rings. The van der Waals surface area contributed by atoms with Gasteiger partial charge in [-0.25, -0.2) is 23.1 Å². The molecule has 0 spiro atoms. The van der Waals surface area contributed by atoms with Gasteiger partial charge in [-0.2, -0.15) is 0 Å². The van der Waals surface area contributed by atoms with Crippen molar-refractivity contribution >= 4 is 39.2 Å².